The molecule has 3 atom stereocenters. The van der Waals surface area contributed by atoms with Gasteiger partial charge < -0.3 is 23.5 Å². The molecule has 4 aromatic rings. The summed E-state index contributed by atoms with van der Waals surface area (Å²) in [6.45, 7) is 12.3. The molecule has 0 N–H and O–H groups in total. The second kappa shape index (κ2) is 15.1. The van der Waals surface area contributed by atoms with Crippen LogP contribution in [0, 0.1) is 29.1 Å². The molecule has 3 aromatic carbocycles. The number of nitrogens with zero attached hydrogens (tertiary/aromatic N) is 3. The number of hydrogen-bond donors (Lipinski definition) is 0. The molecule has 0 amide bonds. The van der Waals surface area contributed by atoms with Crippen molar-refractivity contribution in [2.24, 2.45) is 29.1 Å². The summed E-state index contributed by atoms with van der Waals surface area (Å²) in [5.41, 5.74) is 3.23. The van der Waals surface area contributed by atoms with Crippen molar-refractivity contribution < 1.29 is 13.7 Å². The lowest BCUT2D eigenvalue weighted by molar-refractivity contribution is 0.0606. The normalized spacial score (nSPS) is 21.1. The third-order valence-corrected chi connectivity index (χ3v) is 13.2. The molecule has 7 heteroatoms. The summed E-state index contributed by atoms with van der Waals surface area (Å²) >= 11 is 0. The van der Waals surface area contributed by atoms with Crippen molar-refractivity contribution in [1.82, 2.24) is 15.0 Å². The smallest absolute Gasteiger partial charge is 0.283 e. The minimum atomic E-state index is -1.33. The van der Waals surface area contributed by atoms with Gasteiger partial charge in [-0.15, -0.1) is 0 Å². The van der Waals surface area contributed by atoms with Crippen LogP contribution in [0.3, 0.4) is 0 Å². The van der Waals surface area contributed by atoms with E-state index in [9.17, 15) is 0 Å². The molecule has 0 spiro atoms. The van der Waals surface area contributed by atoms with Gasteiger partial charge in [0.2, 0.25) is 0 Å². The zero-order chi connectivity index (χ0) is 34.0. The van der Waals surface area contributed by atoms with Gasteiger partial charge in [0.25, 0.3) is 9.04 Å². The monoisotopic (exact) mass is 678 g/mol. The van der Waals surface area contributed by atoms with Gasteiger partial charge >= 0.3 is 0 Å². The quantitative estimate of drug-likeness (QED) is 0.124. The third kappa shape index (κ3) is 8.67. The Labute approximate surface area is 295 Å². The van der Waals surface area contributed by atoms with E-state index in [-0.39, 0.29) is 11.5 Å². The van der Waals surface area contributed by atoms with Crippen molar-refractivity contribution in [2.45, 2.75) is 78.4 Å². The molecule has 3 fully saturated rings. The van der Waals surface area contributed by atoms with Crippen molar-refractivity contribution in [3.8, 4) is 5.75 Å². The fraction of sp³-hybridized carbons (Fsp3) is 0.548. The molecule has 1 aromatic heterocycles. The Kier molecular flexibility index (Phi) is 10.6. The average molecular weight is 679 g/mol. The van der Waals surface area contributed by atoms with Gasteiger partial charge in [-0.3, -0.25) is 0 Å². The molecule has 1 unspecified atom stereocenters. The predicted molar refractivity (Wildman–Crippen MR) is 201 cm³/mol. The number of rotatable bonds is 15. The number of likely N-dealkylation sites (tertiary alicyclic amines) is 1. The Morgan fingerprint density at radius 1 is 0.898 bits per heavy atom. The SMILES string of the molecule is CN(C)Cc1c(OCC2CC2)ccc2c(CCC3CCN(C[C@@H]4C[C@H]4C(O[Si](c4ccccc4)c4ccccc4)C(C)(C)C)CC3)noc12. The molecule has 261 valence electrons. The van der Waals surface area contributed by atoms with Crippen molar-refractivity contribution in [1.29, 1.82) is 0 Å². The largest absolute Gasteiger partial charge is 0.493 e. The highest BCUT2D eigenvalue weighted by Gasteiger charge is 2.49. The number of ether oxygens (including phenoxy) is 1. The summed E-state index contributed by atoms with van der Waals surface area (Å²) in [5.74, 6) is 3.77. The average Bonchev–Trinajstić information content (AvgIpc) is 4.02. The predicted octanol–water partition coefficient (Wildman–Crippen LogP) is 7.20. The zero-order valence-electron chi connectivity index (χ0n) is 30.4. The van der Waals surface area contributed by atoms with Crippen LogP contribution in [0.15, 0.2) is 77.3 Å². The van der Waals surface area contributed by atoms with Gasteiger partial charge in [0, 0.05) is 18.5 Å². The standard InChI is InChI=1S/C42H56N3O3Si/c1-42(2,3)41(48-49(33-12-8-6-9-13-33)34-14-10-7-11-15-34)36-26-32(36)27-45-24-22-30(23-25-45)18-20-38-35-19-21-39(46-29-31-16-17-31)37(28-44(4)5)40(35)47-43-38/h6-15,19,21,30-32,36,41H,16-18,20,22-29H2,1-5H3/t32-,36+,41?/m0/s1. The fourth-order valence-corrected chi connectivity index (χ4v) is 10.2. The van der Waals surface area contributed by atoms with Gasteiger partial charge in [-0.2, -0.15) is 0 Å². The van der Waals surface area contributed by atoms with E-state index in [2.05, 4.69) is 123 Å². The molecule has 49 heavy (non-hydrogen) atoms. The van der Waals surface area contributed by atoms with E-state index in [1.165, 1.54) is 68.5 Å². The van der Waals surface area contributed by atoms with E-state index in [4.69, 9.17) is 13.7 Å². The Bertz CT molecular complexity index is 1600. The lowest BCUT2D eigenvalue weighted by Gasteiger charge is -2.36. The van der Waals surface area contributed by atoms with Gasteiger partial charge in [-0.05, 0) is 124 Å². The molecule has 2 heterocycles. The first-order valence-electron chi connectivity index (χ1n) is 18.8. The van der Waals surface area contributed by atoms with Crippen LogP contribution in [0.5, 0.6) is 5.75 Å². The molecule has 2 aliphatic carbocycles. The van der Waals surface area contributed by atoms with Crippen LogP contribution >= 0.6 is 0 Å². The Hall–Kier alpha value is -2.97. The Morgan fingerprint density at radius 2 is 1.57 bits per heavy atom. The molecule has 6 nitrogen and oxygen atoms in total. The molecule has 0 bridgehead atoms. The number of benzene rings is 3. The van der Waals surface area contributed by atoms with Crippen LogP contribution in [0.25, 0.3) is 11.0 Å². The van der Waals surface area contributed by atoms with Gasteiger partial charge in [-0.1, -0.05) is 86.6 Å². The van der Waals surface area contributed by atoms with Crippen LogP contribution in [-0.2, 0) is 17.4 Å². The summed E-state index contributed by atoms with van der Waals surface area (Å²) in [4.78, 5) is 4.92. The van der Waals surface area contributed by atoms with E-state index < -0.39 is 9.04 Å². The molecule has 1 saturated heterocycles. The molecule has 3 aliphatic rings. The highest BCUT2D eigenvalue weighted by atomic mass is 28.3. The van der Waals surface area contributed by atoms with Crippen LogP contribution in [-0.4, -0.2) is 70.4 Å². The van der Waals surface area contributed by atoms with Crippen LogP contribution in [0.4, 0.5) is 0 Å². The first-order valence-corrected chi connectivity index (χ1v) is 20.2. The number of piperidine rings is 1. The second-order valence-corrected chi connectivity index (χ2v) is 18.5. The van der Waals surface area contributed by atoms with E-state index >= 15 is 0 Å². The molecular weight excluding hydrogens is 623 g/mol. The maximum Gasteiger partial charge on any atom is 0.283 e. The van der Waals surface area contributed by atoms with Crippen LogP contribution < -0.4 is 15.1 Å². The first kappa shape index (κ1) is 34.5. The van der Waals surface area contributed by atoms with Crippen molar-refractivity contribution in [3.63, 3.8) is 0 Å². The van der Waals surface area contributed by atoms with E-state index in [0.717, 1.165) is 65.3 Å². The van der Waals surface area contributed by atoms with E-state index in [1.807, 2.05) is 0 Å². The van der Waals surface area contributed by atoms with Crippen molar-refractivity contribution >= 4 is 30.4 Å². The van der Waals surface area contributed by atoms with Gasteiger partial charge in [0.1, 0.15) is 5.75 Å². The van der Waals surface area contributed by atoms with Crippen molar-refractivity contribution in [2.75, 3.05) is 40.3 Å². The van der Waals surface area contributed by atoms with Crippen LogP contribution in [0.1, 0.15) is 70.6 Å². The van der Waals surface area contributed by atoms with E-state index in [0.29, 0.717) is 5.92 Å². The lowest BCUT2D eigenvalue weighted by atomic mass is 9.85. The zero-order valence-corrected chi connectivity index (χ0v) is 31.4. The molecule has 7 rings (SSSR count). The first-order chi connectivity index (χ1) is 23.7. The fourth-order valence-electron chi connectivity index (χ4n) is 7.86. The minimum absolute atomic E-state index is 0.0929. The summed E-state index contributed by atoms with van der Waals surface area (Å²) in [6, 6.07) is 26.2. The number of aromatic nitrogens is 1. The summed E-state index contributed by atoms with van der Waals surface area (Å²) in [6.07, 6.45) is 8.80. The van der Waals surface area contributed by atoms with E-state index in [1.54, 1.807) is 0 Å². The molecule has 1 aliphatic heterocycles. The lowest BCUT2D eigenvalue weighted by Crippen LogP contribution is -2.50. The van der Waals surface area contributed by atoms with Crippen molar-refractivity contribution in [3.05, 3.63) is 84.1 Å². The topological polar surface area (TPSA) is 51.0 Å². The minimum Gasteiger partial charge on any atom is -0.493 e. The summed E-state index contributed by atoms with van der Waals surface area (Å²) < 4.78 is 19.5. The maximum absolute atomic E-state index is 7.26. The Balaban J connectivity index is 0.925. The number of aryl methyl sites for hydroxylation is 1. The molecular formula is C42H56N3O3Si. The molecule has 2 saturated carbocycles. The van der Waals surface area contributed by atoms with Gasteiger partial charge in [0.15, 0.2) is 5.58 Å². The second-order valence-electron chi connectivity index (χ2n) is 16.4. The number of hydrogen-bond acceptors (Lipinski definition) is 6. The highest BCUT2D eigenvalue weighted by Crippen LogP contribution is 2.49. The summed E-state index contributed by atoms with van der Waals surface area (Å²) in [7, 11) is 2.86. The summed E-state index contributed by atoms with van der Waals surface area (Å²) in [5, 5.41) is 8.42. The Morgan fingerprint density at radius 3 is 2.18 bits per heavy atom. The van der Waals surface area contributed by atoms with Crippen LogP contribution in [0.2, 0.25) is 0 Å². The third-order valence-electron chi connectivity index (χ3n) is 10.9. The van der Waals surface area contributed by atoms with Gasteiger partial charge in [0.05, 0.1) is 24.0 Å². The maximum atomic E-state index is 7.26. The number of fused-ring (bicyclic) bond motifs is 1. The molecule has 1 radical (unpaired) electrons. The highest BCUT2D eigenvalue weighted by molar-refractivity contribution is 6.80. The van der Waals surface area contributed by atoms with Gasteiger partial charge in [-0.25, -0.2) is 0 Å².